The Balaban J connectivity index is 4.39. The summed E-state index contributed by atoms with van der Waals surface area (Å²) >= 11 is 10.3. The van der Waals surface area contributed by atoms with E-state index in [0.717, 1.165) is 0 Å². The van der Waals surface area contributed by atoms with Crippen molar-refractivity contribution in [1.29, 1.82) is 0 Å². The summed E-state index contributed by atoms with van der Waals surface area (Å²) in [5.41, 5.74) is -0.385. The van der Waals surface area contributed by atoms with E-state index in [4.69, 9.17) is 38.1 Å². The van der Waals surface area contributed by atoms with E-state index in [1.807, 2.05) is 0 Å². The summed E-state index contributed by atoms with van der Waals surface area (Å²) in [4.78, 5) is 27.1. The average molecular weight is 219 g/mol. The molecule has 0 aromatic rings. The van der Waals surface area contributed by atoms with Gasteiger partial charge in [-0.2, -0.15) is 0 Å². The van der Waals surface area contributed by atoms with Gasteiger partial charge in [-0.25, -0.2) is 4.79 Å². The summed E-state index contributed by atoms with van der Waals surface area (Å²) in [7, 11) is -2.31. The van der Waals surface area contributed by atoms with Crippen molar-refractivity contribution in [2.45, 2.75) is 0 Å². The molecule has 0 fully saturated rings. The van der Waals surface area contributed by atoms with Crippen LogP contribution in [0.2, 0.25) is 0 Å². The molecule has 0 rings (SSSR count). The van der Waals surface area contributed by atoms with Gasteiger partial charge in [-0.05, 0) is 0 Å². The van der Waals surface area contributed by atoms with Crippen LogP contribution < -0.4 is 0 Å². The molecule has 7 heteroatoms. The second-order valence-corrected chi connectivity index (χ2v) is 3.58. The van der Waals surface area contributed by atoms with Crippen molar-refractivity contribution in [1.82, 2.24) is 0 Å². The number of halogens is 2. The normalized spacial score (nSPS) is 9.91. The van der Waals surface area contributed by atoms with E-state index in [1.165, 1.54) is 0 Å². The molecule has 0 saturated carbocycles. The Morgan fingerprint density at radius 3 is 1.91 bits per heavy atom. The van der Waals surface area contributed by atoms with Gasteiger partial charge in [0.15, 0.2) is 8.38 Å². The maximum absolute atomic E-state index is 10.2. The third-order valence-corrected chi connectivity index (χ3v) is 1.84. The molecule has 0 aliphatic rings. The van der Waals surface area contributed by atoms with Crippen LogP contribution >= 0.6 is 31.6 Å². The Morgan fingerprint density at radius 1 is 1.36 bits per heavy atom. The van der Waals surface area contributed by atoms with Gasteiger partial charge in [-0.3, -0.25) is 0 Å². The minimum Gasteiger partial charge on any atom is -0.478 e. The first-order valence-electron chi connectivity index (χ1n) is 2.38. The average Bonchev–Trinajstić information content (AvgIpc) is 1.81. The van der Waals surface area contributed by atoms with Gasteiger partial charge in [-0.15, -0.1) is 0 Å². The van der Waals surface area contributed by atoms with Crippen LogP contribution in [0.1, 0.15) is 0 Å². The summed E-state index contributed by atoms with van der Waals surface area (Å²) in [5, 5.41) is 8.35. The topological polar surface area (TPSA) is 77.8 Å². The molecule has 0 unspecified atom stereocenters. The number of hydrogen-bond acceptors (Lipinski definition) is 3. The van der Waals surface area contributed by atoms with Crippen LogP contribution in [0.15, 0.2) is 10.1 Å². The highest BCUT2D eigenvalue weighted by molar-refractivity contribution is 7.45. The quantitative estimate of drug-likeness (QED) is 0.489. The van der Waals surface area contributed by atoms with E-state index in [9.17, 15) is 4.79 Å². The second kappa shape index (κ2) is 4.91. The molecule has 64 valence electrons. The Hall–Kier alpha value is 0.140. The summed E-state index contributed by atoms with van der Waals surface area (Å²) < 4.78 is -0.451. The Kier molecular flexibility index (Phi) is 4.97. The van der Waals surface area contributed by atoms with Gasteiger partial charge in [0.1, 0.15) is 4.49 Å². The first kappa shape index (κ1) is 11.1. The third kappa shape index (κ3) is 4.56. The van der Waals surface area contributed by atoms with Crippen molar-refractivity contribution in [3.8, 4) is 0 Å². The number of carboxylic acid groups (broad SMARTS) is 1. The van der Waals surface area contributed by atoms with Crippen molar-refractivity contribution in [2.75, 3.05) is 6.16 Å². The van der Waals surface area contributed by atoms with E-state index in [1.54, 1.807) is 0 Å². The molecule has 3 N–H and O–H groups in total. The van der Waals surface area contributed by atoms with Gasteiger partial charge in [0, 0.05) is 0 Å². The monoisotopic (exact) mass is 218 g/mol. The van der Waals surface area contributed by atoms with Crippen LogP contribution in [0.4, 0.5) is 0 Å². The highest BCUT2D eigenvalue weighted by atomic mass is 35.5. The third-order valence-electron chi connectivity index (χ3n) is 0.786. The highest BCUT2D eigenvalue weighted by Crippen LogP contribution is 2.29. The van der Waals surface area contributed by atoms with Crippen molar-refractivity contribution < 1.29 is 19.7 Å². The molecule has 0 heterocycles. The largest absolute Gasteiger partial charge is 0.478 e. The number of carbonyl (C=O) groups is 1. The van der Waals surface area contributed by atoms with Crippen LogP contribution in [-0.2, 0) is 4.79 Å². The summed E-state index contributed by atoms with van der Waals surface area (Å²) in [5.74, 6) is -1.35. The van der Waals surface area contributed by atoms with Gasteiger partial charge >= 0.3 is 5.97 Å². The minimum atomic E-state index is -2.31. The second-order valence-electron chi connectivity index (χ2n) is 1.57. The van der Waals surface area contributed by atoms with Gasteiger partial charge in [0.2, 0.25) is 0 Å². The number of carboxylic acids is 1. The van der Waals surface area contributed by atoms with E-state index in [-0.39, 0.29) is 5.57 Å². The van der Waals surface area contributed by atoms with Gasteiger partial charge in [0.05, 0.1) is 11.7 Å². The zero-order valence-corrected chi connectivity index (χ0v) is 7.57. The number of rotatable bonds is 3. The van der Waals surface area contributed by atoms with Crippen molar-refractivity contribution in [3.05, 3.63) is 10.1 Å². The number of aliphatic carboxylic acids is 1. The first-order chi connectivity index (χ1) is 4.95. The molecule has 0 aromatic heterocycles. The zero-order chi connectivity index (χ0) is 9.02. The van der Waals surface area contributed by atoms with Gasteiger partial charge in [0.25, 0.3) is 0 Å². The summed E-state index contributed by atoms with van der Waals surface area (Å²) in [6, 6.07) is 0. The predicted molar refractivity (Wildman–Crippen MR) is 42.6 cm³/mol. The summed E-state index contributed by atoms with van der Waals surface area (Å²) in [6.07, 6.45) is -0.424. The predicted octanol–water partition coefficient (Wildman–Crippen LogP) is 1.06. The maximum Gasteiger partial charge on any atom is 0.334 e. The lowest BCUT2D eigenvalue weighted by Gasteiger charge is -2.02. The Bertz CT molecular complexity index is 187. The van der Waals surface area contributed by atoms with Gasteiger partial charge < -0.3 is 14.9 Å². The van der Waals surface area contributed by atoms with Crippen molar-refractivity contribution >= 4 is 37.5 Å². The molecule has 0 amide bonds. The fourth-order valence-corrected chi connectivity index (χ4v) is 1.41. The molecular weight excluding hydrogens is 214 g/mol. The molecule has 0 spiro atoms. The molecule has 0 saturated heterocycles. The SMILES string of the molecule is O=C(O)C(CP(O)O)=C(Cl)Cl. The fraction of sp³-hybridized carbons (Fsp3) is 0.250. The lowest BCUT2D eigenvalue weighted by molar-refractivity contribution is -0.132. The Morgan fingerprint density at radius 2 is 1.82 bits per heavy atom. The zero-order valence-electron chi connectivity index (χ0n) is 5.16. The van der Waals surface area contributed by atoms with Crippen molar-refractivity contribution in [3.63, 3.8) is 0 Å². The lowest BCUT2D eigenvalue weighted by Crippen LogP contribution is -2.04. The van der Waals surface area contributed by atoms with Crippen LogP contribution in [0, 0.1) is 0 Å². The maximum atomic E-state index is 10.2. The van der Waals surface area contributed by atoms with Crippen LogP contribution in [0.5, 0.6) is 0 Å². The smallest absolute Gasteiger partial charge is 0.334 e. The molecule has 0 aliphatic heterocycles. The van der Waals surface area contributed by atoms with E-state index >= 15 is 0 Å². The molecular formula is C4H5Cl2O4P. The lowest BCUT2D eigenvalue weighted by atomic mass is 10.4. The van der Waals surface area contributed by atoms with E-state index < -0.39 is 25.0 Å². The molecule has 4 nitrogen and oxygen atoms in total. The van der Waals surface area contributed by atoms with Crippen molar-refractivity contribution in [2.24, 2.45) is 0 Å². The molecule has 0 radical (unpaired) electrons. The van der Waals surface area contributed by atoms with Crippen LogP contribution in [0.25, 0.3) is 0 Å². The highest BCUT2D eigenvalue weighted by Gasteiger charge is 2.15. The minimum absolute atomic E-state index is 0.385. The summed E-state index contributed by atoms with van der Waals surface area (Å²) in [6.45, 7) is 0. The molecule has 11 heavy (non-hydrogen) atoms. The molecule has 0 aliphatic carbocycles. The van der Waals surface area contributed by atoms with Crippen LogP contribution in [-0.4, -0.2) is 27.0 Å². The number of hydrogen-bond donors (Lipinski definition) is 3. The molecule has 0 aromatic carbocycles. The standard InChI is InChI=1S/C4H5Cl2O4P/c5-3(6)2(4(7)8)1-11(9)10/h9-10H,1H2,(H,7,8). The van der Waals surface area contributed by atoms with E-state index in [2.05, 4.69) is 0 Å². The molecule has 0 atom stereocenters. The molecule has 0 bridgehead atoms. The Labute approximate surface area is 74.0 Å². The van der Waals surface area contributed by atoms with E-state index in [0.29, 0.717) is 0 Å². The first-order valence-corrected chi connectivity index (χ1v) is 4.56. The fourth-order valence-electron chi connectivity index (χ4n) is 0.350. The van der Waals surface area contributed by atoms with Gasteiger partial charge in [-0.1, -0.05) is 23.2 Å². The van der Waals surface area contributed by atoms with Crippen LogP contribution in [0.3, 0.4) is 0 Å².